The van der Waals surface area contributed by atoms with Gasteiger partial charge < -0.3 is 15.0 Å². The second-order valence-electron chi connectivity index (χ2n) is 8.56. The summed E-state index contributed by atoms with van der Waals surface area (Å²) in [7, 11) is 2.17. The molecule has 4 heterocycles. The molecule has 33 heavy (non-hydrogen) atoms. The molecule has 10 heteroatoms. The van der Waals surface area contributed by atoms with Crippen molar-refractivity contribution in [1.29, 1.82) is 0 Å². The van der Waals surface area contributed by atoms with Crippen molar-refractivity contribution >= 4 is 50.8 Å². The van der Waals surface area contributed by atoms with Crippen LogP contribution in [0.2, 0.25) is 5.02 Å². The quantitative estimate of drug-likeness (QED) is 0.396. The lowest BCUT2D eigenvalue weighted by Crippen LogP contribution is -3.08. The number of nitrogens with zero attached hydrogens (tertiary/aromatic N) is 2. The first kappa shape index (κ1) is 22.9. The summed E-state index contributed by atoms with van der Waals surface area (Å²) < 4.78 is 7.18. The number of nitrogens with one attached hydrogen (secondary N) is 2. The average Bonchev–Trinajstić information content (AvgIpc) is 3.43. The number of thiophene rings is 1. The Morgan fingerprint density at radius 3 is 3.12 bits per heavy atom. The van der Waals surface area contributed by atoms with Gasteiger partial charge in [-0.05, 0) is 36.6 Å². The number of rotatable bonds is 6. The molecule has 2 N–H and O–H groups in total. The molecule has 0 spiro atoms. The molecule has 7 nitrogen and oxygen atoms in total. The molecular weight excluding hydrogens is 480 g/mol. The van der Waals surface area contributed by atoms with Crippen LogP contribution in [0, 0.1) is 0 Å². The summed E-state index contributed by atoms with van der Waals surface area (Å²) in [5, 5.41) is 4.69. The molecule has 0 saturated carbocycles. The van der Waals surface area contributed by atoms with Gasteiger partial charge in [-0.25, -0.2) is 4.98 Å². The Bertz CT molecular complexity index is 1250. The molecule has 5 rings (SSSR count). The molecule has 2 atom stereocenters. The number of likely N-dealkylation sites (N-methyl/N-ethyl adjacent to an activating group) is 1. The third kappa shape index (κ3) is 4.83. The van der Waals surface area contributed by atoms with Crippen LogP contribution in [-0.4, -0.2) is 54.1 Å². The maximum absolute atomic E-state index is 13.8. The first-order valence-corrected chi connectivity index (χ1v) is 13.3. The monoisotopic (exact) mass is 505 g/mol. The maximum atomic E-state index is 13.8. The molecule has 1 unspecified atom stereocenters. The van der Waals surface area contributed by atoms with Gasteiger partial charge in [0.15, 0.2) is 5.16 Å². The van der Waals surface area contributed by atoms with Crippen molar-refractivity contribution in [2.24, 2.45) is 0 Å². The molecule has 0 radical (unpaired) electrons. The number of carbonyl (C=O) groups is 1. The van der Waals surface area contributed by atoms with Crippen molar-refractivity contribution < 1.29 is 14.4 Å². The van der Waals surface area contributed by atoms with Gasteiger partial charge in [0.1, 0.15) is 11.4 Å². The summed E-state index contributed by atoms with van der Waals surface area (Å²) in [6.07, 6.45) is 2.97. The molecule has 2 aliphatic rings. The van der Waals surface area contributed by atoms with E-state index in [1.165, 1.54) is 21.5 Å². The van der Waals surface area contributed by atoms with E-state index in [2.05, 4.69) is 12.4 Å². The summed E-state index contributed by atoms with van der Waals surface area (Å²) in [5.41, 5.74) is 1.68. The second kappa shape index (κ2) is 9.76. The molecule has 3 aromatic rings. The lowest BCUT2D eigenvalue weighted by atomic mass is 10.1. The van der Waals surface area contributed by atoms with Gasteiger partial charge in [-0.1, -0.05) is 29.4 Å². The van der Waals surface area contributed by atoms with Crippen molar-refractivity contribution in [2.45, 2.75) is 37.1 Å². The molecule has 2 aromatic heterocycles. The topological polar surface area (TPSA) is 77.7 Å². The van der Waals surface area contributed by atoms with Crippen LogP contribution in [0.25, 0.3) is 15.9 Å². The van der Waals surface area contributed by atoms with E-state index in [0.29, 0.717) is 27.8 Å². The number of halogens is 1. The lowest BCUT2D eigenvalue weighted by Gasteiger charge is -2.19. The number of hydrogen-bond donors (Lipinski definition) is 2. The second-order valence-corrected chi connectivity index (χ2v) is 11.0. The zero-order valence-corrected chi connectivity index (χ0v) is 20.7. The summed E-state index contributed by atoms with van der Waals surface area (Å²) in [6, 6.07) is 7.20. The first-order chi connectivity index (χ1) is 16.0. The van der Waals surface area contributed by atoms with Gasteiger partial charge in [-0.15, -0.1) is 11.3 Å². The minimum absolute atomic E-state index is 0.0933. The van der Waals surface area contributed by atoms with Gasteiger partial charge in [-0.3, -0.25) is 14.2 Å². The SMILES string of the molecule is C[NH+]1CCc2c(sc3nc(SCC(=O)NC[C@@H]4CCCO4)n(-c4cccc(Cl)c4)c(=O)c23)C1. The van der Waals surface area contributed by atoms with Crippen LogP contribution in [0.3, 0.4) is 0 Å². The summed E-state index contributed by atoms with van der Waals surface area (Å²) in [5.74, 6) is 0.0709. The number of fused-ring (bicyclic) bond motifs is 3. The van der Waals surface area contributed by atoms with Crippen LogP contribution in [-0.2, 0) is 22.5 Å². The van der Waals surface area contributed by atoms with Crippen molar-refractivity contribution in [2.75, 3.05) is 32.5 Å². The standard InChI is InChI=1S/C23H25ClN4O3S2/c1-27-8-7-17-18(12-27)33-21-20(17)22(30)28(15-5-2-4-14(24)10-15)23(26-21)32-13-19(29)25-11-16-6-3-9-31-16/h2,4-5,10,16H,3,6-9,11-13H2,1H3,(H,25,29)/p+1/t16-/m0/s1. The molecule has 174 valence electrons. The third-order valence-electron chi connectivity index (χ3n) is 6.09. The highest BCUT2D eigenvalue weighted by Crippen LogP contribution is 2.32. The van der Waals surface area contributed by atoms with E-state index in [4.69, 9.17) is 21.3 Å². The molecular formula is C23H26ClN4O3S2+. The zero-order valence-electron chi connectivity index (χ0n) is 18.4. The molecule has 1 amide bonds. The molecule has 0 bridgehead atoms. The van der Waals surface area contributed by atoms with Crippen LogP contribution in [0.5, 0.6) is 0 Å². The Morgan fingerprint density at radius 2 is 2.33 bits per heavy atom. The highest BCUT2D eigenvalue weighted by atomic mass is 35.5. The van der Waals surface area contributed by atoms with Crippen molar-refractivity contribution in [3.63, 3.8) is 0 Å². The Balaban J connectivity index is 1.49. The molecule has 0 aliphatic carbocycles. The largest absolute Gasteiger partial charge is 0.376 e. The first-order valence-electron chi connectivity index (χ1n) is 11.1. The number of thioether (sulfide) groups is 1. The van der Waals surface area contributed by atoms with Crippen molar-refractivity contribution in [3.8, 4) is 5.69 Å². The Kier molecular flexibility index (Phi) is 6.76. The Labute approximate surface area is 205 Å². The summed E-state index contributed by atoms with van der Waals surface area (Å²) >= 11 is 9.11. The van der Waals surface area contributed by atoms with E-state index in [0.717, 1.165) is 49.4 Å². The number of aromatic nitrogens is 2. The number of benzene rings is 1. The Hall–Kier alpha value is -1.91. The number of ether oxygens (including phenoxy) is 1. The molecule has 1 aromatic carbocycles. The summed E-state index contributed by atoms with van der Waals surface area (Å²) in [4.78, 5) is 34.5. The predicted octanol–water partition coefficient (Wildman–Crippen LogP) is 2.06. The van der Waals surface area contributed by atoms with Gasteiger partial charge >= 0.3 is 0 Å². The fourth-order valence-corrected chi connectivity index (χ4v) is 6.80. The molecule has 1 saturated heterocycles. The van der Waals surface area contributed by atoms with E-state index >= 15 is 0 Å². The van der Waals surface area contributed by atoms with E-state index < -0.39 is 0 Å². The van der Waals surface area contributed by atoms with E-state index in [9.17, 15) is 9.59 Å². The van der Waals surface area contributed by atoms with Crippen LogP contribution in [0.4, 0.5) is 0 Å². The lowest BCUT2D eigenvalue weighted by molar-refractivity contribution is -0.895. The van der Waals surface area contributed by atoms with Gasteiger partial charge in [-0.2, -0.15) is 0 Å². The smallest absolute Gasteiger partial charge is 0.267 e. The number of quaternary nitrogens is 1. The number of hydrogen-bond acceptors (Lipinski definition) is 6. The highest BCUT2D eigenvalue weighted by molar-refractivity contribution is 7.99. The van der Waals surface area contributed by atoms with E-state index in [1.54, 1.807) is 28.0 Å². The third-order valence-corrected chi connectivity index (χ3v) is 8.39. The minimum Gasteiger partial charge on any atom is -0.376 e. The van der Waals surface area contributed by atoms with Crippen molar-refractivity contribution in [1.82, 2.24) is 14.9 Å². The molecule has 2 aliphatic heterocycles. The maximum Gasteiger partial charge on any atom is 0.267 e. The fourth-order valence-electron chi connectivity index (χ4n) is 4.39. The van der Waals surface area contributed by atoms with Gasteiger partial charge in [0, 0.05) is 24.6 Å². The van der Waals surface area contributed by atoms with Gasteiger partial charge in [0.2, 0.25) is 5.91 Å². The van der Waals surface area contributed by atoms with Gasteiger partial charge in [0.25, 0.3) is 5.56 Å². The minimum atomic E-state index is -0.0989. The Morgan fingerprint density at radius 1 is 1.45 bits per heavy atom. The average molecular weight is 506 g/mol. The van der Waals surface area contributed by atoms with Crippen LogP contribution in [0.15, 0.2) is 34.2 Å². The predicted molar refractivity (Wildman–Crippen MR) is 132 cm³/mol. The zero-order chi connectivity index (χ0) is 22.9. The van der Waals surface area contributed by atoms with Crippen LogP contribution >= 0.6 is 34.7 Å². The summed E-state index contributed by atoms with van der Waals surface area (Å²) in [6.45, 7) is 3.17. The highest BCUT2D eigenvalue weighted by Gasteiger charge is 2.26. The fraction of sp³-hybridized carbons (Fsp3) is 0.435. The van der Waals surface area contributed by atoms with Crippen LogP contribution < -0.4 is 15.8 Å². The van der Waals surface area contributed by atoms with E-state index in [-0.39, 0.29) is 23.3 Å². The molecule has 1 fully saturated rings. The van der Waals surface area contributed by atoms with Crippen LogP contribution in [0.1, 0.15) is 23.3 Å². The number of carbonyl (C=O) groups excluding carboxylic acids is 1. The number of amides is 1. The van der Waals surface area contributed by atoms with Crippen molar-refractivity contribution in [3.05, 3.63) is 50.1 Å². The van der Waals surface area contributed by atoms with Gasteiger partial charge in [0.05, 0.1) is 41.4 Å². The van der Waals surface area contributed by atoms with E-state index in [1.807, 2.05) is 12.1 Å². The normalized spacial score (nSPS) is 20.2.